The summed E-state index contributed by atoms with van der Waals surface area (Å²) in [6.07, 6.45) is 2.74. The Morgan fingerprint density at radius 1 is 1.20 bits per heavy atom. The predicted molar refractivity (Wildman–Crippen MR) is 65.5 cm³/mol. The lowest BCUT2D eigenvalue weighted by molar-refractivity contribution is -0.0492. The summed E-state index contributed by atoms with van der Waals surface area (Å²) in [4.78, 5) is 0. The fourth-order valence-corrected chi connectivity index (χ4v) is 2.33. The molecule has 0 fully saturated rings. The number of rotatable bonds is 6. The summed E-state index contributed by atoms with van der Waals surface area (Å²) in [5, 5.41) is -0.468. The van der Waals surface area contributed by atoms with E-state index in [9.17, 15) is 4.57 Å². The highest BCUT2D eigenvalue weighted by atomic mass is 31.1. The maximum Gasteiger partial charge on any atom is 0.190 e. The van der Waals surface area contributed by atoms with Gasteiger partial charge in [-0.2, -0.15) is 0 Å². The minimum atomic E-state index is -0.468. The molecule has 1 unspecified atom stereocenters. The SMILES string of the molecule is CCC(CC)(OC(C)CC(C)(C)C)P=O. The van der Waals surface area contributed by atoms with E-state index in [2.05, 4.69) is 27.7 Å². The molecule has 0 saturated carbocycles. The monoisotopic (exact) mass is 232 g/mol. The number of hydrogen-bond donors (Lipinski definition) is 0. The molecule has 0 aliphatic heterocycles. The van der Waals surface area contributed by atoms with E-state index in [1.807, 2.05) is 13.8 Å². The molecule has 90 valence electrons. The van der Waals surface area contributed by atoms with Crippen LogP contribution in [0.2, 0.25) is 0 Å². The molecule has 0 N–H and O–H groups in total. The Labute approximate surface area is 96.0 Å². The Morgan fingerprint density at radius 2 is 1.67 bits per heavy atom. The van der Waals surface area contributed by atoms with Crippen LogP contribution >= 0.6 is 8.46 Å². The molecule has 0 aliphatic rings. The zero-order valence-electron chi connectivity index (χ0n) is 11.0. The molecule has 0 amide bonds. The van der Waals surface area contributed by atoms with Crippen molar-refractivity contribution in [2.45, 2.75) is 72.3 Å². The molecule has 2 nitrogen and oxygen atoms in total. The first kappa shape index (κ1) is 15.1. The molecule has 3 heteroatoms. The van der Waals surface area contributed by atoms with Gasteiger partial charge in [-0.3, -0.25) is 4.57 Å². The normalized spacial score (nSPS) is 15.6. The van der Waals surface area contributed by atoms with Crippen molar-refractivity contribution in [3.8, 4) is 0 Å². The summed E-state index contributed by atoms with van der Waals surface area (Å²) in [7, 11) is 0.113. The average Bonchev–Trinajstić information content (AvgIpc) is 2.11. The lowest BCUT2D eigenvalue weighted by Crippen LogP contribution is -2.31. The van der Waals surface area contributed by atoms with Gasteiger partial charge in [0, 0.05) is 0 Å². The van der Waals surface area contributed by atoms with Crippen LogP contribution in [0, 0.1) is 5.41 Å². The van der Waals surface area contributed by atoms with Crippen LogP contribution in [-0.2, 0) is 9.30 Å². The van der Waals surface area contributed by atoms with E-state index in [0.29, 0.717) is 0 Å². The highest BCUT2D eigenvalue weighted by Gasteiger charge is 2.31. The Bertz CT molecular complexity index is 192. The maximum absolute atomic E-state index is 11.2. The van der Waals surface area contributed by atoms with Crippen LogP contribution in [0.4, 0.5) is 0 Å². The van der Waals surface area contributed by atoms with Gasteiger partial charge in [-0.25, -0.2) is 0 Å². The van der Waals surface area contributed by atoms with Gasteiger partial charge in [-0.05, 0) is 31.6 Å². The molecule has 0 spiro atoms. The van der Waals surface area contributed by atoms with E-state index in [1.165, 1.54) is 0 Å². The van der Waals surface area contributed by atoms with Gasteiger partial charge in [0.2, 0.25) is 0 Å². The van der Waals surface area contributed by atoms with Crippen molar-refractivity contribution in [1.82, 2.24) is 0 Å². The predicted octanol–water partition coefficient (Wildman–Crippen LogP) is 4.64. The largest absolute Gasteiger partial charge is 0.360 e. The van der Waals surface area contributed by atoms with Crippen molar-refractivity contribution in [2.75, 3.05) is 0 Å². The molecular weight excluding hydrogens is 207 g/mol. The molecule has 0 aromatic rings. The van der Waals surface area contributed by atoms with Crippen LogP contribution in [0.3, 0.4) is 0 Å². The van der Waals surface area contributed by atoms with E-state index >= 15 is 0 Å². The van der Waals surface area contributed by atoms with Crippen molar-refractivity contribution in [1.29, 1.82) is 0 Å². The second kappa shape index (κ2) is 5.96. The Hall–Kier alpha value is 0.0600. The van der Waals surface area contributed by atoms with E-state index < -0.39 is 5.34 Å². The molecule has 0 bridgehead atoms. The third-order valence-electron chi connectivity index (χ3n) is 2.59. The van der Waals surface area contributed by atoms with Gasteiger partial charge >= 0.3 is 0 Å². The molecule has 0 radical (unpaired) electrons. The van der Waals surface area contributed by atoms with Crippen molar-refractivity contribution in [2.24, 2.45) is 5.41 Å². The van der Waals surface area contributed by atoms with Crippen LogP contribution in [0.25, 0.3) is 0 Å². The minimum Gasteiger partial charge on any atom is -0.360 e. The van der Waals surface area contributed by atoms with Crippen molar-refractivity contribution >= 4 is 8.46 Å². The first-order valence-electron chi connectivity index (χ1n) is 5.81. The van der Waals surface area contributed by atoms with Gasteiger partial charge in [-0.1, -0.05) is 34.6 Å². The van der Waals surface area contributed by atoms with Crippen molar-refractivity contribution < 1.29 is 9.30 Å². The summed E-state index contributed by atoms with van der Waals surface area (Å²) in [5.74, 6) is 0. The van der Waals surface area contributed by atoms with E-state index in [1.54, 1.807) is 0 Å². The molecule has 0 heterocycles. The maximum atomic E-state index is 11.2. The minimum absolute atomic E-state index is 0.113. The zero-order valence-corrected chi connectivity index (χ0v) is 11.9. The molecule has 1 atom stereocenters. The molecular formula is C12H25O2P. The second-order valence-corrected chi connectivity index (χ2v) is 6.44. The summed E-state index contributed by atoms with van der Waals surface area (Å²) in [6, 6.07) is 0. The first-order valence-corrected chi connectivity index (χ1v) is 6.62. The van der Waals surface area contributed by atoms with Crippen molar-refractivity contribution in [3.05, 3.63) is 0 Å². The van der Waals surface area contributed by atoms with E-state index in [4.69, 9.17) is 4.74 Å². The summed E-state index contributed by atoms with van der Waals surface area (Å²) in [6.45, 7) is 12.7. The number of ether oxygens (including phenoxy) is 1. The molecule has 0 saturated heterocycles. The fourth-order valence-electron chi connectivity index (χ4n) is 1.85. The second-order valence-electron chi connectivity index (χ2n) is 5.44. The van der Waals surface area contributed by atoms with Gasteiger partial charge < -0.3 is 4.74 Å². The quantitative estimate of drug-likeness (QED) is 0.624. The molecule has 15 heavy (non-hydrogen) atoms. The van der Waals surface area contributed by atoms with Crippen LogP contribution in [0.15, 0.2) is 0 Å². The molecule has 0 rings (SSSR count). The van der Waals surface area contributed by atoms with Crippen LogP contribution < -0.4 is 0 Å². The van der Waals surface area contributed by atoms with Crippen molar-refractivity contribution in [3.63, 3.8) is 0 Å². The Balaban J connectivity index is 4.36. The topological polar surface area (TPSA) is 26.3 Å². The lowest BCUT2D eigenvalue weighted by atomic mass is 9.89. The Morgan fingerprint density at radius 3 is 1.93 bits per heavy atom. The van der Waals surface area contributed by atoms with E-state index in [0.717, 1.165) is 19.3 Å². The van der Waals surface area contributed by atoms with Gasteiger partial charge in [0.25, 0.3) is 0 Å². The summed E-state index contributed by atoms with van der Waals surface area (Å²) < 4.78 is 17.1. The zero-order chi connectivity index (χ0) is 12.1. The molecule has 0 aromatic heterocycles. The van der Waals surface area contributed by atoms with Gasteiger partial charge in [-0.15, -0.1) is 0 Å². The summed E-state index contributed by atoms with van der Waals surface area (Å²) in [5.41, 5.74) is 0.256. The van der Waals surface area contributed by atoms with E-state index in [-0.39, 0.29) is 20.0 Å². The van der Waals surface area contributed by atoms with Crippen LogP contribution in [0.5, 0.6) is 0 Å². The highest BCUT2D eigenvalue weighted by Crippen LogP contribution is 2.35. The standard InChI is InChI=1S/C12H25O2P/c1-7-12(8-2,15-13)14-10(3)9-11(4,5)6/h10H,7-9H2,1-6H3. The highest BCUT2D eigenvalue weighted by molar-refractivity contribution is 7.25. The lowest BCUT2D eigenvalue weighted by Gasteiger charge is -2.31. The van der Waals surface area contributed by atoms with Crippen LogP contribution in [0.1, 0.15) is 60.8 Å². The van der Waals surface area contributed by atoms with Gasteiger partial charge in [0.15, 0.2) is 8.46 Å². The molecule has 0 aliphatic carbocycles. The fraction of sp³-hybridized carbons (Fsp3) is 1.00. The number of hydrogen-bond acceptors (Lipinski definition) is 2. The average molecular weight is 232 g/mol. The third-order valence-corrected chi connectivity index (χ3v) is 3.66. The molecule has 0 aromatic carbocycles. The summed E-state index contributed by atoms with van der Waals surface area (Å²) >= 11 is 0. The van der Waals surface area contributed by atoms with Gasteiger partial charge in [0.05, 0.1) is 6.10 Å². The van der Waals surface area contributed by atoms with Crippen LogP contribution in [-0.4, -0.2) is 11.4 Å². The first-order chi connectivity index (χ1) is 6.78. The van der Waals surface area contributed by atoms with Gasteiger partial charge in [0.1, 0.15) is 5.34 Å². The third kappa shape index (κ3) is 5.63. The Kier molecular flexibility index (Phi) is 5.98. The smallest absolute Gasteiger partial charge is 0.190 e.